The van der Waals surface area contributed by atoms with Crippen molar-refractivity contribution in [1.82, 2.24) is 20.9 Å². The zero-order chi connectivity index (χ0) is 21.0. The quantitative estimate of drug-likeness (QED) is 0.647. The second-order valence-corrected chi connectivity index (χ2v) is 8.48. The fraction of sp³-hybridized carbons (Fsp3) is 0.800. The van der Waals surface area contributed by atoms with Gasteiger partial charge in [0.2, 0.25) is 23.6 Å². The average Bonchev–Trinajstić information content (AvgIpc) is 3.12. The summed E-state index contributed by atoms with van der Waals surface area (Å²) in [6.45, 7) is 9.86. The van der Waals surface area contributed by atoms with Crippen LogP contribution in [0.5, 0.6) is 0 Å². The lowest BCUT2D eigenvalue weighted by molar-refractivity contribution is -0.144. The molecule has 2 fully saturated rings. The summed E-state index contributed by atoms with van der Waals surface area (Å²) >= 11 is 0. The van der Waals surface area contributed by atoms with Crippen LogP contribution in [0.4, 0.5) is 0 Å². The van der Waals surface area contributed by atoms with E-state index in [9.17, 15) is 19.2 Å². The Bertz CT molecular complexity index is 621. The van der Waals surface area contributed by atoms with E-state index in [1.165, 1.54) is 0 Å². The SMILES string of the molecule is CCC(C)C1NC(=O)C(C)NC(=O)C(CC(C)C)NC(=O)C2CCCN2C1=O. The maximum absolute atomic E-state index is 13.2. The number of amides is 4. The third-order valence-corrected chi connectivity index (χ3v) is 5.71. The molecule has 3 N–H and O–H groups in total. The number of carbonyl (C=O) groups excluding carboxylic acids is 4. The smallest absolute Gasteiger partial charge is 0.246 e. The van der Waals surface area contributed by atoms with Gasteiger partial charge in [0.25, 0.3) is 0 Å². The van der Waals surface area contributed by atoms with E-state index in [2.05, 4.69) is 16.0 Å². The van der Waals surface area contributed by atoms with Crippen LogP contribution in [0.1, 0.15) is 60.3 Å². The predicted octanol–water partition coefficient (Wildman–Crippen LogP) is 0.558. The van der Waals surface area contributed by atoms with E-state index in [1.54, 1.807) is 11.8 Å². The van der Waals surface area contributed by atoms with Crippen LogP contribution < -0.4 is 16.0 Å². The molecule has 0 bridgehead atoms. The molecule has 2 aliphatic rings. The standard InChI is InChI=1S/C20H34N4O4/c1-6-12(4)16-20(28)24-9-7-8-15(24)19(27)22-14(10-11(2)3)18(26)21-13(5)17(25)23-16/h11-16H,6-10H2,1-5H3,(H,21,26)(H,22,27)(H,23,25). The summed E-state index contributed by atoms with van der Waals surface area (Å²) in [7, 11) is 0. The normalized spacial score (nSPS) is 30.7. The molecular weight excluding hydrogens is 360 g/mol. The van der Waals surface area contributed by atoms with Gasteiger partial charge in [0.05, 0.1) is 0 Å². The molecule has 0 aromatic rings. The van der Waals surface area contributed by atoms with E-state index in [0.29, 0.717) is 25.8 Å². The summed E-state index contributed by atoms with van der Waals surface area (Å²) < 4.78 is 0. The third-order valence-electron chi connectivity index (χ3n) is 5.71. The summed E-state index contributed by atoms with van der Waals surface area (Å²) in [5, 5.41) is 8.32. The zero-order valence-corrected chi connectivity index (χ0v) is 17.6. The van der Waals surface area contributed by atoms with E-state index in [0.717, 1.165) is 6.42 Å². The van der Waals surface area contributed by atoms with Gasteiger partial charge in [-0.15, -0.1) is 0 Å². The van der Waals surface area contributed by atoms with Crippen LogP contribution in [0.25, 0.3) is 0 Å². The average molecular weight is 395 g/mol. The maximum atomic E-state index is 13.2. The summed E-state index contributed by atoms with van der Waals surface area (Å²) in [6, 6.07) is -2.84. The lowest BCUT2D eigenvalue weighted by atomic mass is 9.96. The van der Waals surface area contributed by atoms with Crippen LogP contribution in [-0.2, 0) is 19.2 Å². The van der Waals surface area contributed by atoms with Crippen molar-refractivity contribution in [2.45, 2.75) is 84.5 Å². The van der Waals surface area contributed by atoms with Crippen LogP contribution in [0.15, 0.2) is 0 Å². The molecule has 0 aromatic heterocycles. The van der Waals surface area contributed by atoms with Gasteiger partial charge < -0.3 is 20.9 Å². The first kappa shape index (κ1) is 22.2. The van der Waals surface area contributed by atoms with Gasteiger partial charge in [-0.3, -0.25) is 19.2 Å². The van der Waals surface area contributed by atoms with Crippen LogP contribution in [0.3, 0.4) is 0 Å². The van der Waals surface area contributed by atoms with Gasteiger partial charge in [-0.05, 0) is 38.0 Å². The molecule has 5 atom stereocenters. The largest absolute Gasteiger partial charge is 0.343 e. The monoisotopic (exact) mass is 394 g/mol. The number of carbonyl (C=O) groups is 4. The van der Waals surface area contributed by atoms with Crippen molar-refractivity contribution in [3.05, 3.63) is 0 Å². The Morgan fingerprint density at radius 1 is 1.00 bits per heavy atom. The summed E-state index contributed by atoms with van der Waals surface area (Å²) in [6.07, 6.45) is 2.45. The molecule has 0 saturated carbocycles. The number of hydrogen-bond donors (Lipinski definition) is 3. The Morgan fingerprint density at radius 2 is 1.68 bits per heavy atom. The highest BCUT2D eigenvalue weighted by atomic mass is 16.2. The van der Waals surface area contributed by atoms with E-state index < -0.39 is 30.1 Å². The molecule has 158 valence electrons. The van der Waals surface area contributed by atoms with Crippen molar-refractivity contribution in [2.75, 3.05) is 6.54 Å². The van der Waals surface area contributed by atoms with Crippen molar-refractivity contribution in [3.8, 4) is 0 Å². The van der Waals surface area contributed by atoms with Crippen LogP contribution >= 0.6 is 0 Å². The number of nitrogens with one attached hydrogen (secondary N) is 3. The minimum Gasteiger partial charge on any atom is -0.343 e. The predicted molar refractivity (Wildman–Crippen MR) is 105 cm³/mol. The third kappa shape index (κ3) is 5.02. The van der Waals surface area contributed by atoms with Crippen LogP contribution in [-0.4, -0.2) is 59.2 Å². The molecule has 0 radical (unpaired) electrons. The first-order valence-corrected chi connectivity index (χ1v) is 10.4. The Kier molecular flexibility index (Phi) is 7.43. The van der Waals surface area contributed by atoms with Gasteiger partial charge in [0.1, 0.15) is 24.2 Å². The van der Waals surface area contributed by atoms with Crippen molar-refractivity contribution < 1.29 is 19.2 Å². The highest BCUT2D eigenvalue weighted by Crippen LogP contribution is 2.22. The molecule has 8 nitrogen and oxygen atoms in total. The lowest BCUT2D eigenvalue weighted by Crippen LogP contribution is -2.61. The summed E-state index contributed by atoms with van der Waals surface area (Å²) in [4.78, 5) is 53.1. The first-order valence-electron chi connectivity index (χ1n) is 10.4. The second kappa shape index (κ2) is 9.39. The Labute approximate surface area is 167 Å². The molecule has 8 heteroatoms. The lowest BCUT2D eigenvalue weighted by Gasteiger charge is -2.34. The molecule has 28 heavy (non-hydrogen) atoms. The van der Waals surface area contributed by atoms with Gasteiger partial charge in [-0.2, -0.15) is 0 Å². The van der Waals surface area contributed by atoms with Crippen molar-refractivity contribution in [1.29, 1.82) is 0 Å². The van der Waals surface area contributed by atoms with Crippen LogP contribution in [0, 0.1) is 11.8 Å². The Balaban J connectivity index is 2.37. The fourth-order valence-corrected chi connectivity index (χ4v) is 3.79. The number of fused-ring (bicyclic) bond motifs is 1. The van der Waals surface area contributed by atoms with E-state index in [-0.39, 0.29) is 29.6 Å². The Morgan fingerprint density at radius 3 is 2.29 bits per heavy atom. The molecule has 2 rings (SSSR count). The first-order chi connectivity index (χ1) is 13.1. The van der Waals surface area contributed by atoms with Crippen molar-refractivity contribution in [2.24, 2.45) is 11.8 Å². The zero-order valence-electron chi connectivity index (χ0n) is 17.6. The van der Waals surface area contributed by atoms with Gasteiger partial charge in [0.15, 0.2) is 0 Å². The van der Waals surface area contributed by atoms with Crippen molar-refractivity contribution in [3.63, 3.8) is 0 Å². The topological polar surface area (TPSA) is 108 Å². The number of rotatable bonds is 4. The molecule has 0 aliphatic carbocycles. The van der Waals surface area contributed by atoms with E-state index in [1.807, 2.05) is 27.7 Å². The summed E-state index contributed by atoms with van der Waals surface area (Å²) in [5.74, 6) is -1.18. The van der Waals surface area contributed by atoms with Gasteiger partial charge >= 0.3 is 0 Å². The number of nitrogens with zero attached hydrogens (tertiary/aromatic N) is 1. The summed E-state index contributed by atoms with van der Waals surface area (Å²) in [5.41, 5.74) is 0. The van der Waals surface area contributed by atoms with Crippen molar-refractivity contribution >= 4 is 23.6 Å². The molecule has 2 aliphatic heterocycles. The van der Waals surface area contributed by atoms with Crippen LogP contribution in [0.2, 0.25) is 0 Å². The van der Waals surface area contributed by atoms with Gasteiger partial charge in [-0.25, -0.2) is 0 Å². The Hall–Kier alpha value is -2.12. The molecule has 5 unspecified atom stereocenters. The molecule has 2 heterocycles. The van der Waals surface area contributed by atoms with Gasteiger partial charge in [-0.1, -0.05) is 34.1 Å². The van der Waals surface area contributed by atoms with E-state index in [4.69, 9.17) is 0 Å². The molecule has 0 aromatic carbocycles. The van der Waals surface area contributed by atoms with E-state index >= 15 is 0 Å². The van der Waals surface area contributed by atoms with Gasteiger partial charge in [0, 0.05) is 6.54 Å². The molecule has 0 spiro atoms. The number of hydrogen-bond acceptors (Lipinski definition) is 4. The molecule has 4 amide bonds. The maximum Gasteiger partial charge on any atom is 0.246 e. The minimum absolute atomic E-state index is 0.0831. The highest BCUT2D eigenvalue weighted by Gasteiger charge is 2.41. The highest BCUT2D eigenvalue weighted by molar-refractivity contribution is 5.97. The second-order valence-electron chi connectivity index (χ2n) is 8.48. The minimum atomic E-state index is -0.799. The molecule has 2 saturated heterocycles. The molecular formula is C20H34N4O4. The fourth-order valence-electron chi connectivity index (χ4n) is 3.79.